The lowest BCUT2D eigenvalue weighted by atomic mass is 10.1. The van der Waals surface area contributed by atoms with Gasteiger partial charge in [0.15, 0.2) is 0 Å². The number of piperazine rings is 1. The number of benzene rings is 2. The van der Waals surface area contributed by atoms with Gasteiger partial charge >= 0.3 is 0 Å². The highest BCUT2D eigenvalue weighted by Gasteiger charge is 2.23. The van der Waals surface area contributed by atoms with Crippen molar-refractivity contribution in [3.8, 4) is 5.75 Å². The number of methoxy groups -OCH3 is 1. The predicted octanol–water partition coefficient (Wildman–Crippen LogP) is 3.18. The van der Waals surface area contributed by atoms with E-state index in [1.54, 1.807) is 24.6 Å². The van der Waals surface area contributed by atoms with Crippen molar-refractivity contribution in [2.45, 2.75) is 6.04 Å². The number of carbonyl (C=O) groups excluding carboxylic acids is 1. The van der Waals surface area contributed by atoms with Crippen LogP contribution in [0.4, 0.5) is 5.69 Å². The lowest BCUT2D eigenvalue weighted by molar-refractivity contribution is -0.122. The number of ether oxygens (including phenoxy) is 1. The zero-order valence-electron chi connectivity index (χ0n) is 17.0. The number of nitrogens with zero attached hydrogens (tertiary/aromatic N) is 3. The number of nitrogens with one attached hydrogen (secondary N) is 1. The monoisotopic (exact) mass is 422 g/mol. The molecular formula is C23H26N4O2S. The topological polar surface area (TPSA) is 57.7 Å². The molecule has 1 amide bonds. The highest BCUT2D eigenvalue weighted by atomic mass is 32.1. The molecule has 1 saturated heterocycles. The number of hydrogen-bond acceptors (Lipinski definition) is 6. The molecular weight excluding hydrogens is 396 g/mol. The largest absolute Gasteiger partial charge is 0.497 e. The Morgan fingerprint density at radius 2 is 1.93 bits per heavy atom. The Hall–Kier alpha value is -2.90. The van der Waals surface area contributed by atoms with Crippen LogP contribution in [0.2, 0.25) is 0 Å². The van der Waals surface area contributed by atoms with Crippen LogP contribution < -0.4 is 15.0 Å². The molecule has 1 aromatic heterocycles. The second kappa shape index (κ2) is 9.73. The summed E-state index contributed by atoms with van der Waals surface area (Å²) in [5.74, 6) is 0.886. The molecule has 1 unspecified atom stereocenters. The summed E-state index contributed by atoms with van der Waals surface area (Å²) < 4.78 is 5.33. The minimum atomic E-state index is -0.211. The van der Waals surface area contributed by atoms with Crippen LogP contribution in [-0.2, 0) is 4.79 Å². The average Bonchev–Trinajstić information content (AvgIpc) is 3.33. The van der Waals surface area contributed by atoms with E-state index >= 15 is 0 Å². The molecule has 1 N–H and O–H groups in total. The van der Waals surface area contributed by atoms with Crippen molar-refractivity contribution in [1.82, 2.24) is 15.2 Å². The van der Waals surface area contributed by atoms with E-state index in [9.17, 15) is 4.79 Å². The molecule has 2 heterocycles. The average molecular weight is 423 g/mol. The van der Waals surface area contributed by atoms with Gasteiger partial charge in [0.05, 0.1) is 13.7 Å². The summed E-state index contributed by atoms with van der Waals surface area (Å²) in [5.41, 5.74) is 2.20. The normalized spacial score (nSPS) is 15.6. The molecule has 0 aliphatic carbocycles. The van der Waals surface area contributed by atoms with E-state index in [4.69, 9.17) is 4.74 Å². The number of thiazole rings is 1. The van der Waals surface area contributed by atoms with Crippen LogP contribution in [0.5, 0.6) is 5.75 Å². The van der Waals surface area contributed by atoms with Gasteiger partial charge in [-0.25, -0.2) is 4.98 Å². The number of rotatable bonds is 7. The Balaban J connectivity index is 1.34. The lowest BCUT2D eigenvalue weighted by Crippen LogP contribution is -2.49. The molecule has 1 atom stereocenters. The molecule has 30 heavy (non-hydrogen) atoms. The molecule has 0 bridgehead atoms. The quantitative estimate of drug-likeness (QED) is 0.634. The molecule has 7 heteroatoms. The highest BCUT2D eigenvalue weighted by Crippen LogP contribution is 2.24. The van der Waals surface area contributed by atoms with Crippen LogP contribution in [0.25, 0.3) is 0 Å². The van der Waals surface area contributed by atoms with Crippen molar-refractivity contribution in [2.24, 2.45) is 0 Å². The van der Waals surface area contributed by atoms with E-state index in [-0.39, 0.29) is 11.9 Å². The molecule has 0 radical (unpaired) electrons. The third-order valence-electron chi connectivity index (χ3n) is 5.29. The summed E-state index contributed by atoms with van der Waals surface area (Å²) in [6.07, 6.45) is 1.78. The van der Waals surface area contributed by atoms with Gasteiger partial charge in [0, 0.05) is 49.5 Å². The maximum absolute atomic E-state index is 12.8. The second-order valence-electron chi connectivity index (χ2n) is 7.25. The number of carbonyl (C=O) groups is 1. The molecule has 1 aliphatic rings. The SMILES string of the molecule is COc1cccc(N2CCN(CC(=O)NC(c3ccccc3)c3nccs3)CC2)c1. The fraction of sp³-hybridized carbons (Fsp3) is 0.304. The highest BCUT2D eigenvalue weighted by molar-refractivity contribution is 7.09. The molecule has 4 rings (SSSR count). The van der Waals surface area contributed by atoms with Crippen molar-refractivity contribution in [3.63, 3.8) is 0 Å². The Bertz CT molecular complexity index is 941. The zero-order valence-corrected chi connectivity index (χ0v) is 17.8. The van der Waals surface area contributed by atoms with Crippen molar-refractivity contribution < 1.29 is 9.53 Å². The molecule has 3 aromatic rings. The maximum atomic E-state index is 12.8. The molecule has 6 nitrogen and oxygen atoms in total. The fourth-order valence-corrected chi connectivity index (χ4v) is 4.41. The van der Waals surface area contributed by atoms with E-state index in [2.05, 4.69) is 32.2 Å². The summed E-state index contributed by atoms with van der Waals surface area (Å²) in [6.45, 7) is 3.85. The van der Waals surface area contributed by atoms with Crippen LogP contribution in [-0.4, -0.2) is 55.6 Å². The first-order chi connectivity index (χ1) is 14.7. The van der Waals surface area contributed by atoms with Gasteiger partial charge in [-0.15, -0.1) is 11.3 Å². The van der Waals surface area contributed by atoms with E-state index < -0.39 is 0 Å². The van der Waals surface area contributed by atoms with Gasteiger partial charge in [0.25, 0.3) is 0 Å². The van der Waals surface area contributed by atoms with Crippen LogP contribution in [0, 0.1) is 0 Å². The third-order valence-corrected chi connectivity index (χ3v) is 6.13. The Kier molecular flexibility index (Phi) is 6.61. The number of amides is 1. The summed E-state index contributed by atoms with van der Waals surface area (Å²) >= 11 is 1.56. The van der Waals surface area contributed by atoms with Gasteiger partial charge in [0.2, 0.25) is 5.91 Å². The Morgan fingerprint density at radius 1 is 1.13 bits per heavy atom. The first-order valence-corrected chi connectivity index (χ1v) is 11.0. The standard InChI is InChI=1S/C23H26N4O2S/c1-29-20-9-5-8-19(16-20)27-13-11-26(12-14-27)17-21(28)25-22(23-24-10-15-30-23)18-6-3-2-4-7-18/h2-10,15-16,22H,11-14,17H2,1H3,(H,25,28). The molecule has 156 valence electrons. The summed E-state index contributed by atoms with van der Waals surface area (Å²) in [6, 6.07) is 17.9. The number of hydrogen-bond donors (Lipinski definition) is 1. The van der Waals surface area contributed by atoms with Gasteiger partial charge in [-0.2, -0.15) is 0 Å². The minimum Gasteiger partial charge on any atom is -0.497 e. The van der Waals surface area contributed by atoms with E-state index in [1.807, 2.05) is 47.8 Å². The van der Waals surface area contributed by atoms with Crippen LogP contribution in [0.3, 0.4) is 0 Å². The van der Waals surface area contributed by atoms with Crippen molar-refractivity contribution in [2.75, 3.05) is 44.7 Å². The first kappa shape index (κ1) is 20.4. The van der Waals surface area contributed by atoms with Crippen LogP contribution in [0.1, 0.15) is 16.6 Å². The van der Waals surface area contributed by atoms with E-state index in [0.29, 0.717) is 6.54 Å². The van der Waals surface area contributed by atoms with Crippen molar-refractivity contribution >= 4 is 22.9 Å². The summed E-state index contributed by atoms with van der Waals surface area (Å²) in [7, 11) is 1.68. The zero-order chi connectivity index (χ0) is 20.8. The van der Waals surface area contributed by atoms with Crippen LogP contribution >= 0.6 is 11.3 Å². The van der Waals surface area contributed by atoms with Crippen LogP contribution in [0.15, 0.2) is 66.2 Å². The number of anilines is 1. The van der Waals surface area contributed by atoms with Gasteiger partial charge in [-0.05, 0) is 17.7 Å². The molecule has 2 aromatic carbocycles. The third kappa shape index (κ3) is 4.98. The second-order valence-corrected chi connectivity index (χ2v) is 8.17. The smallest absolute Gasteiger partial charge is 0.235 e. The van der Waals surface area contributed by atoms with Gasteiger partial charge in [-0.1, -0.05) is 36.4 Å². The van der Waals surface area contributed by atoms with Crippen molar-refractivity contribution in [1.29, 1.82) is 0 Å². The minimum absolute atomic E-state index is 0.0221. The van der Waals surface area contributed by atoms with Gasteiger partial charge in [-0.3, -0.25) is 9.69 Å². The van der Waals surface area contributed by atoms with Gasteiger partial charge < -0.3 is 15.0 Å². The van der Waals surface area contributed by atoms with E-state index in [1.165, 1.54) is 0 Å². The summed E-state index contributed by atoms with van der Waals surface area (Å²) in [4.78, 5) is 21.8. The maximum Gasteiger partial charge on any atom is 0.235 e. The van der Waals surface area contributed by atoms with E-state index in [0.717, 1.165) is 48.2 Å². The molecule has 1 fully saturated rings. The fourth-order valence-electron chi connectivity index (χ4n) is 3.69. The molecule has 0 spiro atoms. The Labute approximate surface area is 181 Å². The molecule has 0 saturated carbocycles. The van der Waals surface area contributed by atoms with Gasteiger partial charge in [0.1, 0.15) is 16.8 Å². The first-order valence-electron chi connectivity index (χ1n) is 10.1. The lowest BCUT2D eigenvalue weighted by Gasteiger charge is -2.36. The number of aromatic nitrogens is 1. The summed E-state index contributed by atoms with van der Waals surface area (Å²) in [5, 5.41) is 6.02. The Morgan fingerprint density at radius 3 is 2.63 bits per heavy atom. The predicted molar refractivity (Wildman–Crippen MR) is 120 cm³/mol. The molecule has 1 aliphatic heterocycles. The van der Waals surface area contributed by atoms with Crippen molar-refractivity contribution in [3.05, 3.63) is 76.7 Å².